The molecule has 0 saturated carbocycles. The summed E-state index contributed by atoms with van der Waals surface area (Å²) in [6, 6.07) is 17.4. The van der Waals surface area contributed by atoms with Crippen molar-refractivity contribution in [2.24, 2.45) is 0 Å². The Kier molecular flexibility index (Phi) is 6.43. The average molecular weight is 576 g/mol. The van der Waals surface area contributed by atoms with E-state index in [0.717, 1.165) is 22.7 Å². The fourth-order valence-electron chi connectivity index (χ4n) is 4.64. The van der Waals surface area contributed by atoms with Gasteiger partial charge in [0.2, 0.25) is 0 Å². The molecule has 2 aromatic carbocycles. The van der Waals surface area contributed by atoms with E-state index in [1.807, 2.05) is 6.07 Å². The minimum atomic E-state index is -5.64. The molecule has 0 unspecified atom stereocenters. The fraction of sp³-hybridized carbons (Fsp3) is 0.207. The molecule has 2 nitrogen and oxygen atoms in total. The molecule has 2 aromatic heterocycles. The molecule has 4 aromatic rings. The van der Waals surface area contributed by atoms with Gasteiger partial charge in [-0.2, -0.15) is 31.6 Å². The average Bonchev–Trinajstić information content (AvgIpc) is 3.51. The lowest BCUT2D eigenvalue weighted by Gasteiger charge is -2.25. The standard InChI is InChI=1S/C29H19F6NOS2/c1-15-21(12-23(38-15)18-6-4-17(14-36)5-7-18)25-26(28(32,33)29(34,35)27(25,30)31)22-13-24(39-16(22)2)19-8-10-20(37-3)11-9-19/h4-13H,1-3H3. The van der Waals surface area contributed by atoms with Crippen molar-refractivity contribution in [3.8, 4) is 32.7 Å². The Morgan fingerprint density at radius 1 is 0.692 bits per heavy atom. The van der Waals surface area contributed by atoms with E-state index in [2.05, 4.69) is 0 Å². The maximum absolute atomic E-state index is 15.4. The van der Waals surface area contributed by atoms with Crippen LogP contribution in [0, 0.1) is 25.2 Å². The van der Waals surface area contributed by atoms with Crippen LogP contribution in [0.5, 0.6) is 5.75 Å². The first-order valence-corrected chi connectivity index (χ1v) is 13.2. The van der Waals surface area contributed by atoms with Gasteiger partial charge < -0.3 is 4.74 Å². The molecule has 200 valence electrons. The number of nitriles is 1. The number of aryl methyl sites for hydroxylation is 2. The van der Waals surface area contributed by atoms with Crippen molar-refractivity contribution in [3.05, 3.63) is 87.1 Å². The third kappa shape index (κ3) is 4.07. The molecule has 0 atom stereocenters. The first-order valence-electron chi connectivity index (χ1n) is 11.6. The summed E-state index contributed by atoms with van der Waals surface area (Å²) >= 11 is 2.08. The third-order valence-electron chi connectivity index (χ3n) is 6.71. The summed E-state index contributed by atoms with van der Waals surface area (Å²) in [6.45, 7) is 2.89. The third-order valence-corrected chi connectivity index (χ3v) is 8.91. The van der Waals surface area contributed by atoms with E-state index >= 15 is 17.6 Å². The van der Waals surface area contributed by atoms with Gasteiger partial charge in [0.1, 0.15) is 5.75 Å². The van der Waals surface area contributed by atoms with Crippen LogP contribution >= 0.6 is 22.7 Å². The summed E-state index contributed by atoms with van der Waals surface area (Å²) in [4.78, 5) is 1.29. The molecule has 2 heterocycles. The zero-order valence-corrected chi connectivity index (χ0v) is 22.3. The van der Waals surface area contributed by atoms with Crippen LogP contribution in [-0.2, 0) is 0 Å². The lowest BCUT2D eigenvalue weighted by molar-refractivity contribution is -0.254. The number of hydrogen-bond donors (Lipinski definition) is 0. The monoisotopic (exact) mass is 575 g/mol. The van der Waals surface area contributed by atoms with Crippen LogP contribution in [0.1, 0.15) is 26.4 Å². The topological polar surface area (TPSA) is 33.0 Å². The van der Waals surface area contributed by atoms with Gasteiger partial charge in [-0.3, -0.25) is 0 Å². The van der Waals surface area contributed by atoms with E-state index < -0.39 is 28.9 Å². The Balaban J connectivity index is 1.72. The van der Waals surface area contributed by atoms with Crippen molar-refractivity contribution in [1.29, 1.82) is 5.26 Å². The Bertz CT molecular complexity index is 1640. The Morgan fingerprint density at radius 3 is 1.49 bits per heavy atom. The van der Waals surface area contributed by atoms with Gasteiger partial charge in [-0.25, -0.2) is 0 Å². The summed E-state index contributed by atoms with van der Waals surface area (Å²) in [6.07, 6.45) is 0. The summed E-state index contributed by atoms with van der Waals surface area (Å²) in [7, 11) is 1.48. The number of thiophene rings is 2. The highest BCUT2D eigenvalue weighted by molar-refractivity contribution is 7.16. The molecule has 0 aliphatic heterocycles. The van der Waals surface area contributed by atoms with Gasteiger partial charge in [0.05, 0.1) is 18.7 Å². The highest BCUT2D eigenvalue weighted by atomic mass is 32.1. The van der Waals surface area contributed by atoms with E-state index in [1.54, 1.807) is 36.4 Å². The summed E-state index contributed by atoms with van der Waals surface area (Å²) < 4.78 is 96.5. The Hall–Kier alpha value is -3.55. The van der Waals surface area contributed by atoms with Crippen molar-refractivity contribution in [2.45, 2.75) is 31.6 Å². The van der Waals surface area contributed by atoms with E-state index in [9.17, 15) is 8.78 Å². The quantitative estimate of drug-likeness (QED) is 0.222. The molecular formula is C29H19F6NOS2. The van der Waals surface area contributed by atoms with Crippen LogP contribution < -0.4 is 4.74 Å². The molecule has 0 spiro atoms. The van der Waals surface area contributed by atoms with Gasteiger partial charge in [0, 0.05) is 30.7 Å². The molecule has 1 aliphatic rings. The molecular weight excluding hydrogens is 556 g/mol. The van der Waals surface area contributed by atoms with Crippen LogP contribution in [0.3, 0.4) is 0 Å². The highest BCUT2D eigenvalue weighted by Gasteiger charge is 2.80. The highest BCUT2D eigenvalue weighted by Crippen LogP contribution is 2.66. The number of benzene rings is 2. The van der Waals surface area contributed by atoms with Crippen LogP contribution in [0.25, 0.3) is 32.0 Å². The second-order valence-corrected chi connectivity index (χ2v) is 11.6. The maximum Gasteiger partial charge on any atom is 0.380 e. The lowest BCUT2D eigenvalue weighted by Crippen LogP contribution is -2.48. The molecule has 10 heteroatoms. The van der Waals surface area contributed by atoms with Crippen molar-refractivity contribution in [3.63, 3.8) is 0 Å². The SMILES string of the molecule is COc1ccc(-c2cc(C3=C(c4cc(-c5ccc(C#N)cc5)sc4C)C(F)(F)C(F)(F)C3(F)F)c(C)s2)cc1. The summed E-state index contributed by atoms with van der Waals surface area (Å²) in [5, 5.41) is 9.02. The van der Waals surface area contributed by atoms with Crippen molar-refractivity contribution in [2.75, 3.05) is 7.11 Å². The second-order valence-electron chi connectivity index (χ2n) is 9.05. The van der Waals surface area contributed by atoms with Crippen LogP contribution in [0.2, 0.25) is 0 Å². The van der Waals surface area contributed by atoms with Gasteiger partial charge in [0.15, 0.2) is 0 Å². The summed E-state index contributed by atoms with van der Waals surface area (Å²) in [5.41, 5.74) is -1.90. The number of methoxy groups -OCH3 is 1. The molecule has 0 fully saturated rings. The van der Waals surface area contributed by atoms with Crippen LogP contribution in [-0.4, -0.2) is 24.9 Å². The molecule has 0 saturated heterocycles. The normalized spacial score (nSPS) is 17.3. The lowest BCUT2D eigenvalue weighted by atomic mass is 9.94. The number of allylic oxidation sites excluding steroid dienone is 2. The first-order chi connectivity index (χ1) is 18.3. The molecule has 0 amide bonds. The minimum absolute atomic E-state index is 0.193. The number of hydrogen-bond acceptors (Lipinski definition) is 4. The van der Waals surface area contributed by atoms with Crippen molar-refractivity contribution >= 4 is 33.8 Å². The molecule has 0 N–H and O–H groups in total. The number of nitrogens with zero attached hydrogens (tertiary/aromatic N) is 1. The molecule has 0 radical (unpaired) electrons. The van der Waals surface area contributed by atoms with Gasteiger partial charge in [-0.15, -0.1) is 22.7 Å². The molecule has 39 heavy (non-hydrogen) atoms. The Morgan fingerprint density at radius 2 is 1.10 bits per heavy atom. The van der Waals surface area contributed by atoms with E-state index in [1.165, 1.54) is 45.2 Å². The van der Waals surface area contributed by atoms with Gasteiger partial charge >= 0.3 is 17.8 Å². The van der Waals surface area contributed by atoms with E-state index in [-0.39, 0.29) is 20.9 Å². The predicted octanol–water partition coefficient (Wildman–Crippen LogP) is 9.47. The molecule has 0 bridgehead atoms. The number of rotatable bonds is 5. The maximum atomic E-state index is 15.4. The predicted molar refractivity (Wildman–Crippen MR) is 142 cm³/mol. The Labute approximate surface area is 228 Å². The zero-order chi connectivity index (χ0) is 28.3. The minimum Gasteiger partial charge on any atom is -0.497 e. The molecule has 5 rings (SSSR count). The fourth-order valence-corrected chi connectivity index (χ4v) is 6.71. The van der Waals surface area contributed by atoms with Gasteiger partial charge in [-0.1, -0.05) is 12.1 Å². The van der Waals surface area contributed by atoms with Crippen LogP contribution in [0.4, 0.5) is 26.3 Å². The first kappa shape index (κ1) is 27.0. The van der Waals surface area contributed by atoms with E-state index in [4.69, 9.17) is 10.00 Å². The zero-order valence-electron chi connectivity index (χ0n) is 20.7. The smallest absolute Gasteiger partial charge is 0.380 e. The second kappa shape index (κ2) is 9.28. The molecule has 1 aliphatic carbocycles. The van der Waals surface area contributed by atoms with E-state index in [0.29, 0.717) is 32.2 Å². The van der Waals surface area contributed by atoms with Gasteiger partial charge in [0.25, 0.3) is 0 Å². The number of ether oxygens (including phenoxy) is 1. The van der Waals surface area contributed by atoms with Crippen molar-refractivity contribution < 1.29 is 31.1 Å². The number of alkyl halides is 6. The van der Waals surface area contributed by atoms with Crippen LogP contribution in [0.15, 0.2) is 60.7 Å². The largest absolute Gasteiger partial charge is 0.497 e. The van der Waals surface area contributed by atoms with Gasteiger partial charge in [-0.05, 0) is 84.6 Å². The van der Waals surface area contributed by atoms with Crippen molar-refractivity contribution in [1.82, 2.24) is 0 Å². The summed E-state index contributed by atoms with van der Waals surface area (Å²) in [5.74, 6) is -15.3. The number of halogens is 6.